The zero-order chi connectivity index (χ0) is 55.4. The van der Waals surface area contributed by atoms with Gasteiger partial charge < -0.3 is 5.11 Å². The molecule has 2 fully saturated rings. The molecule has 2 aliphatic rings. The van der Waals surface area contributed by atoms with Crippen molar-refractivity contribution in [1.29, 1.82) is 0 Å². The van der Waals surface area contributed by atoms with Crippen LogP contribution in [0.4, 0.5) is 0 Å². The average molecular weight is 1020 g/mol. The fourth-order valence-electron chi connectivity index (χ4n) is 12.4. The van der Waals surface area contributed by atoms with Crippen LogP contribution < -0.4 is 0 Å². The van der Waals surface area contributed by atoms with Crippen molar-refractivity contribution in [2.45, 2.75) is 122 Å². The Kier molecular flexibility index (Phi) is 13.2. The van der Waals surface area contributed by atoms with Crippen molar-refractivity contribution in [3.05, 3.63) is 228 Å². The van der Waals surface area contributed by atoms with Gasteiger partial charge in [-0.2, -0.15) is 0 Å². The molecule has 0 atom stereocenters. The summed E-state index contributed by atoms with van der Waals surface area (Å²) in [4.78, 5) is 10.8. The Morgan fingerprint density at radius 1 is 0.500 bits per heavy atom. The van der Waals surface area contributed by atoms with Gasteiger partial charge in [-0.25, -0.2) is 4.98 Å². The molecular formula is C74H73N3O. The van der Waals surface area contributed by atoms with E-state index >= 15 is 0 Å². The maximum absolute atomic E-state index is 12.7. The molecule has 390 valence electrons. The fourth-order valence-corrected chi connectivity index (χ4v) is 12.4. The number of phenols is 1. The maximum atomic E-state index is 12.7. The molecule has 4 heteroatoms. The number of imidazole rings is 1. The van der Waals surface area contributed by atoms with Gasteiger partial charge in [0.15, 0.2) is 0 Å². The van der Waals surface area contributed by atoms with E-state index in [1.807, 2.05) is 24.4 Å². The Labute approximate surface area is 465 Å². The van der Waals surface area contributed by atoms with Gasteiger partial charge in [0.05, 0.1) is 28.0 Å². The quantitative estimate of drug-likeness (QED) is 0.140. The summed E-state index contributed by atoms with van der Waals surface area (Å²) in [7, 11) is 0. The lowest BCUT2D eigenvalue weighted by Gasteiger charge is -2.29. The standard InChI is InChI=1S/C74H73N3O/c1-73(2,3)62-47-65(71(78)66(48-62)74(4,5)6)72-76-70-63(27-18-28-69(70)77(72)68-38-29-50(41-49-19-16-17-20-49)42-64(68)57-25-14-9-15-26-57)60-43-59(52-23-12-8-13-24-52)44-61(45-60)67-46-58(39-40-75-67)56-36-34-55(35-37-56)54-32-30-53(31-33-54)51-21-10-7-11-22-51/h7-15,18,21-29,34-40,42-49,53-54,78H,16-17,19-20,30-33,41H2,1-6H3/i53D,54D. The molecule has 0 unspecified atom stereocenters. The Bertz CT molecular complexity index is 3850. The summed E-state index contributed by atoms with van der Waals surface area (Å²) < 4.78 is 21.2. The van der Waals surface area contributed by atoms with Gasteiger partial charge in [0.1, 0.15) is 11.6 Å². The van der Waals surface area contributed by atoms with E-state index < -0.39 is 11.8 Å². The first kappa shape index (κ1) is 48.5. The van der Waals surface area contributed by atoms with Crippen LogP contribution in [-0.2, 0) is 17.3 Å². The predicted octanol–water partition coefficient (Wildman–Crippen LogP) is 19.9. The average Bonchev–Trinajstić information content (AvgIpc) is 4.20. The van der Waals surface area contributed by atoms with Crippen LogP contribution in [0.2, 0.25) is 0 Å². The number of hydrogen-bond donors (Lipinski definition) is 1. The second kappa shape index (κ2) is 21.2. The first-order chi connectivity index (χ1) is 38.5. The van der Waals surface area contributed by atoms with Crippen LogP contribution in [0.1, 0.15) is 135 Å². The van der Waals surface area contributed by atoms with Crippen molar-refractivity contribution in [3.8, 4) is 78.6 Å². The third-order valence-corrected chi connectivity index (χ3v) is 16.8. The third-order valence-electron chi connectivity index (χ3n) is 16.8. The van der Waals surface area contributed by atoms with Crippen molar-refractivity contribution >= 4 is 11.0 Å². The number of benzene rings is 8. The summed E-state index contributed by atoms with van der Waals surface area (Å²) in [6.45, 7) is 13.3. The molecule has 0 bridgehead atoms. The Hall–Kier alpha value is -7.82. The minimum absolute atomic E-state index is 0.204. The lowest BCUT2D eigenvalue weighted by atomic mass is 9.76. The highest BCUT2D eigenvalue weighted by atomic mass is 16.3. The van der Waals surface area contributed by atoms with E-state index in [4.69, 9.17) is 9.97 Å². The highest BCUT2D eigenvalue weighted by Gasteiger charge is 2.30. The van der Waals surface area contributed by atoms with Crippen molar-refractivity contribution in [2.75, 3.05) is 0 Å². The molecule has 12 rings (SSSR count). The summed E-state index contributed by atoms with van der Waals surface area (Å²) in [5, 5.41) is 12.7. The van der Waals surface area contributed by atoms with Gasteiger partial charge in [0.2, 0.25) is 0 Å². The predicted molar refractivity (Wildman–Crippen MR) is 327 cm³/mol. The summed E-state index contributed by atoms with van der Waals surface area (Å²) in [5.74, 6) is 0.259. The minimum atomic E-state index is -0.732. The maximum Gasteiger partial charge on any atom is 0.149 e. The largest absolute Gasteiger partial charge is 0.507 e. The first-order valence-electron chi connectivity index (χ1n) is 29.4. The SMILES string of the molecule is [2H]C1(c2ccccc2)CCC([2H])(c2ccc(-c3ccnc(-c4cc(-c5ccccc5)cc(-c5cccc6c5nc(-c5cc(C(C)(C)C)cc(C(C)(C)C)c5O)n6-c5ccc(CC6CCCC6)cc5-c5ccccc5)c4)c3)cc2)CC1. The summed E-state index contributed by atoms with van der Waals surface area (Å²) >= 11 is 0. The number of aromatic nitrogens is 3. The second-order valence-corrected chi connectivity index (χ2v) is 24.2. The van der Waals surface area contributed by atoms with Crippen molar-refractivity contribution in [2.24, 2.45) is 5.92 Å². The molecule has 0 saturated heterocycles. The van der Waals surface area contributed by atoms with Gasteiger partial charge in [-0.3, -0.25) is 9.55 Å². The van der Waals surface area contributed by atoms with Crippen LogP contribution in [0.3, 0.4) is 0 Å². The van der Waals surface area contributed by atoms with Crippen LogP contribution in [0, 0.1) is 5.92 Å². The zero-order valence-electron chi connectivity index (χ0n) is 48.3. The van der Waals surface area contributed by atoms with E-state index in [2.05, 4.69) is 222 Å². The molecule has 2 heterocycles. The zero-order valence-corrected chi connectivity index (χ0v) is 46.3. The number of fused-ring (bicyclic) bond motifs is 1. The van der Waals surface area contributed by atoms with E-state index in [0.29, 0.717) is 43.0 Å². The summed E-state index contributed by atoms with van der Waals surface area (Å²) in [5.41, 5.74) is 18.8. The number of rotatable bonds is 11. The highest BCUT2D eigenvalue weighted by molar-refractivity contribution is 5.98. The van der Waals surface area contributed by atoms with E-state index in [1.54, 1.807) is 0 Å². The second-order valence-electron chi connectivity index (χ2n) is 24.2. The molecule has 8 aromatic carbocycles. The molecule has 0 radical (unpaired) electrons. The first-order valence-corrected chi connectivity index (χ1v) is 28.4. The lowest BCUT2D eigenvalue weighted by Crippen LogP contribution is -2.17. The molecule has 2 aromatic heterocycles. The molecular weight excluding hydrogens is 947 g/mol. The normalized spacial score (nSPS) is 18.5. The molecule has 78 heavy (non-hydrogen) atoms. The fraction of sp³-hybridized carbons (Fsp3) is 0.270. The van der Waals surface area contributed by atoms with Crippen molar-refractivity contribution in [3.63, 3.8) is 0 Å². The monoisotopic (exact) mass is 1020 g/mol. The molecule has 2 saturated carbocycles. The van der Waals surface area contributed by atoms with Gasteiger partial charge in [0.25, 0.3) is 0 Å². The highest BCUT2D eigenvalue weighted by Crippen LogP contribution is 2.47. The molecule has 0 aliphatic heterocycles. The number of pyridine rings is 1. The number of hydrogen-bond acceptors (Lipinski definition) is 3. The van der Waals surface area contributed by atoms with Gasteiger partial charge >= 0.3 is 0 Å². The van der Waals surface area contributed by atoms with E-state index in [0.717, 1.165) is 101 Å². The molecule has 0 amide bonds. The Balaban J connectivity index is 1.00. The molecule has 10 aromatic rings. The van der Waals surface area contributed by atoms with Crippen LogP contribution >= 0.6 is 0 Å². The smallest absolute Gasteiger partial charge is 0.149 e. The van der Waals surface area contributed by atoms with Crippen LogP contribution in [0.15, 0.2) is 200 Å². The Morgan fingerprint density at radius 2 is 1.12 bits per heavy atom. The van der Waals surface area contributed by atoms with Crippen LogP contribution in [0.5, 0.6) is 5.75 Å². The van der Waals surface area contributed by atoms with Gasteiger partial charge in [-0.1, -0.05) is 207 Å². The number of phenolic OH excluding ortho intramolecular Hbond substituents is 1. The molecule has 4 nitrogen and oxygen atoms in total. The number of nitrogens with zero attached hydrogens (tertiary/aromatic N) is 3. The van der Waals surface area contributed by atoms with Gasteiger partial charge in [-0.05, 0) is 171 Å². The van der Waals surface area contributed by atoms with Gasteiger partial charge in [0, 0.05) is 31.2 Å². The minimum Gasteiger partial charge on any atom is -0.507 e. The topological polar surface area (TPSA) is 50.9 Å². The van der Waals surface area contributed by atoms with E-state index in [9.17, 15) is 7.85 Å². The molecule has 2 aliphatic carbocycles. The number of aromatic hydroxyl groups is 1. The number of para-hydroxylation sites is 1. The van der Waals surface area contributed by atoms with Crippen LogP contribution in [-0.4, -0.2) is 19.6 Å². The van der Waals surface area contributed by atoms with E-state index in [-0.39, 0.29) is 16.6 Å². The lowest BCUT2D eigenvalue weighted by molar-refractivity contribution is 0.396. The molecule has 0 spiro atoms. The summed E-state index contributed by atoms with van der Waals surface area (Å²) in [6, 6.07) is 69.0. The third kappa shape index (κ3) is 10.4. The van der Waals surface area contributed by atoms with Crippen LogP contribution in [0.25, 0.3) is 83.9 Å². The molecule has 1 N–H and O–H groups in total. The van der Waals surface area contributed by atoms with E-state index in [1.165, 1.54) is 31.2 Å². The van der Waals surface area contributed by atoms with Crippen molar-refractivity contribution < 1.29 is 7.85 Å². The van der Waals surface area contributed by atoms with Gasteiger partial charge in [-0.15, -0.1) is 0 Å². The Morgan fingerprint density at radius 3 is 1.78 bits per heavy atom. The summed E-state index contributed by atoms with van der Waals surface area (Å²) in [6.07, 6.45) is 10.8. The van der Waals surface area contributed by atoms with Crippen molar-refractivity contribution in [1.82, 2.24) is 14.5 Å².